The van der Waals surface area contributed by atoms with Crippen LogP contribution < -0.4 is 9.46 Å². The Hall–Kier alpha value is -4.15. The first kappa shape index (κ1) is 28.4. The van der Waals surface area contributed by atoms with E-state index in [4.69, 9.17) is 14.8 Å². The van der Waals surface area contributed by atoms with E-state index >= 15 is 0 Å². The number of nitrogens with zero attached hydrogens (tertiary/aromatic N) is 2. The number of carboxylic acids is 1. The van der Waals surface area contributed by atoms with Gasteiger partial charge in [0.15, 0.2) is 0 Å². The van der Waals surface area contributed by atoms with Gasteiger partial charge in [-0.2, -0.15) is 0 Å². The highest BCUT2D eigenvalue weighted by Gasteiger charge is 2.21. The smallest absolute Gasteiger partial charge is 0.303 e. The number of carbonyl (C=O) groups is 1. The minimum absolute atomic E-state index is 0.0999. The van der Waals surface area contributed by atoms with Gasteiger partial charge < -0.3 is 9.84 Å². The lowest BCUT2D eigenvalue weighted by molar-refractivity contribution is -0.137. The van der Waals surface area contributed by atoms with Gasteiger partial charge in [0, 0.05) is 28.2 Å². The van der Waals surface area contributed by atoms with Crippen LogP contribution in [0.5, 0.6) is 5.75 Å². The molecule has 1 heterocycles. The van der Waals surface area contributed by atoms with Crippen LogP contribution >= 0.6 is 15.9 Å². The van der Waals surface area contributed by atoms with E-state index < -0.39 is 16.0 Å². The summed E-state index contributed by atoms with van der Waals surface area (Å²) in [6, 6.07) is 29.5. The van der Waals surface area contributed by atoms with Gasteiger partial charge in [0.25, 0.3) is 10.0 Å². The standard InChI is InChI=1S/C31H28BrN3O5S/c32-23-15-17-25(18-16-23)41(38,39)34-27-20-26-28(21-29(27)40-19-9-3-8-14-30(36)37)35(24-12-6-2-7-13-24)31(33-26)22-10-4-1-5-11-22/h1-2,4-7,10-13,15-18,20-21,34H,3,8-9,14,19H2,(H,36,37). The van der Waals surface area contributed by atoms with Gasteiger partial charge in [-0.3, -0.25) is 14.1 Å². The Balaban J connectivity index is 1.58. The van der Waals surface area contributed by atoms with E-state index in [2.05, 4.69) is 20.7 Å². The first-order valence-corrected chi connectivity index (χ1v) is 15.4. The fourth-order valence-corrected chi connectivity index (χ4v) is 5.80. The van der Waals surface area contributed by atoms with Crippen molar-refractivity contribution in [3.05, 3.63) is 102 Å². The molecule has 0 aliphatic carbocycles. The summed E-state index contributed by atoms with van der Waals surface area (Å²) in [5.41, 5.74) is 3.42. The summed E-state index contributed by atoms with van der Waals surface area (Å²) >= 11 is 3.34. The lowest BCUT2D eigenvalue weighted by Gasteiger charge is -2.15. The van der Waals surface area contributed by atoms with Crippen LogP contribution in [0.2, 0.25) is 0 Å². The van der Waals surface area contributed by atoms with E-state index in [-0.39, 0.29) is 17.0 Å². The molecule has 0 amide bonds. The number of anilines is 1. The third-order valence-electron chi connectivity index (χ3n) is 6.46. The first-order valence-electron chi connectivity index (χ1n) is 13.1. The number of halogens is 1. The van der Waals surface area contributed by atoms with E-state index in [0.717, 1.165) is 21.2 Å². The molecule has 0 aliphatic rings. The van der Waals surface area contributed by atoms with Crippen molar-refractivity contribution in [1.29, 1.82) is 0 Å². The number of nitrogens with one attached hydrogen (secondary N) is 1. The van der Waals surface area contributed by atoms with Crippen LogP contribution in [-0.2, 0) is 14.8 Å². The number of sulfonamides is 1. The molecule has 8 nitrogen and oxygen atoms in total. The van der Waals surface area contributed by atoms with Crippen molar-refractivity contribution in [2.24, 2.45) is 0 Å². The molecule has 5 rings (SSSR count). The van der Waals surface area contributed by atoms with Gasteiger partial charge in [0.05, 0.1) is 28.2 Å². The zero-order valence-electron chi connectivity index (χ0n) is 22.0. The van der Waals surface area contributed by atoms with E-state index in [9.17, 15) is 13.2 Å². The van der Waals surface area contributed by atoms with E-state index in [1.54, 1.807) is 24.3 Å². The monoisotopic (exact) mass is 633 g/mol. The highest BCUT2D eigenvalue weighted by molar-refractivity contribution is 9.10. The molecule has 1 aromatic heterocycles. The van der Waals surface area contributed by atoms with Crippen molar-refractivity contribution in [3.63, 3.8) is 0 Å². The molecule has 210 valence electrons. The average molecular weight is 635 g/mol. The number of carboxylic acid groups (broad SMARTS) is 1. The molecular weight excluding hydrogens is 606 g/mol. The normalized spacial score (nSPS) is 11.4. The predicted molar refractivity (Wildman–Crippen MR) is 163 cm³/mol. The fourth-order valence-electron chi connectivity index (χ4n) is 4.48. The molecule has 0 aliphatic heterocycles. The molecular formula is C31H28BrN3O5S. The van der Waals surface area contributed by atoms with Crippen LogP contribution in [0.25, 0.3) is 28.1 Å². The van der Waals surface area contributed by atoms with Gasteiger partial charge in [0.2, 0.25) is 0 Å². The average Bonchev–Trinajstić information content (AvgIpc) is 3.34. The predicted octanol–water partition coefficient (Wildman–Crippen LogP) is 7.28. The number of hydrogen-bond acceptors (Lipinski definition) is 5. The Morgan fingerprint density at radius 3 is 2.27 bits per heavy atom. The van der Waals surface area contributed by atoms with Crippen LogP contribution in [0.15, 0.2) is 106 Å². The minimum Gasteiger partial charge on any atom is -0.491 e. The second-order valence-electron chi connectivity index (χ2n) is 9.42. The zero-order valence-corrected chi connectivity index (χ0v) is 24.4. The summed E-state index contributed by atoms with van der Waals surface area (Å²) in [5.74, 6) is 0.233. The number of imidazole rings is 1. The summed E-state index contributed by atoms with van der Waals surface area (Å²) in [4.78, 5) is 15.9. The maximum absolute atomic E-state index is 13.3. The minimum atomic E-state index is -3.93. The van der Waals surface area contributed by atoms with Gasteiger partial charge in [-0.05, 0) is 61.7 Å². The van der Waals surface area contributed by atoms with Gasteiger partial charge in [-0.1, -0.05) is 64.5 Å². The van der Waals surface area contributed by atoms with Crippen molar-refractivity contribution in [2.75, 3.05) is 11.3 Å². The second-order valence-corrected chi connectivity index (χ2v) is 12.0. The number of aliphatic carboxylic acids is 1. The molecule has 10 heteroatoms. The second kappa shape index (κ2) is 12.6. The Morgan fingerprint density at radius 1 is 0.902 bits per heavy atom. The quantitative estimate of drug-likeness (QED) is 0.140. The van der Waals surface area contributed by atoms with E-state index in [0.29, 0.717) is 43.0 Å². The molecule has 0 spiro atoms. The lowest BCUT2D eigenvalue weighted by atomic mass is 10.2. The molecule has 0 fully saturated rings. The van der Waals surface area contributed by atoms with Crippen molar-refractivity contribution in [3.8, 4) is 22.8 Å². The highest BCUT2D eigenvalue weighted by Crippen LogP contribution is 2.36. The van der Waals surface area contributed by atoms with Crippen LogP contribution in [0.4, 0.5) is 5.69 Å². The SMILES string of the molecule is O=C(O)CCCCCOc1cc2c(cc1NS(=O)(=O)c1ccc(Br)cc1)nc(-c1ccccc1)n2-c1ccccc1. The number of fused-ring (bicyclic) bond motifs is 1. The first-order chi connectivity index (χ1) is 19.8. The molecule has 0 saturated heterocycles. The molecule has 2 N–H and O–H groups in total. The molecule has 0 unspecified atom stereocenters. The zero-order chi connectivity index (χ0) is 28.8. The summed E-state index contributed by atoms with van der Waals surface area (Å²) in [5, 5.41) is 8.90. The Morgan fingerprint density at radius 2 is 1.59 bits per heavy atom. The summed E-state index contributed by atoms with van der Waals surface area (Å²) in [6.07, 6.45) is 1.94. The number of unbranched alkanes of at least 4 members (excludes halogenated alkanes) is 2. The number of para-hydroxylation sites is 1. The molecule has 4 aromatic carbocycles. The Kier molecular flexibility index (Phi) is 8.70. The van der Waals surface area contributed by atoms with Gasteiger partial charge in [0.1, 0.15) is 11.6 Å². The van der Waals surface area contributed by atoms with Crippen LogP contribution in [-0.4, -0.2) is 35.7 Å². The van der Waals surface area contributed by atoms with E-state index in [1.807, 2.05) is 65.2 Å². The molecule has 0 bridgehead atoms. The van der Waals surface area contributed by atoms with Crippen LogP contribution in [0.3, 0.4) is 0 Å². The van der Waals surface area contributed by atoms with Crippen molar-refractivity contribution < 1.29 is 23.1 Å². The van der Waals surface area contributed by atoms with Crippen molar-refractivity contribution in [2.45, 2.75) is 30.6 Å². The summed E-state index contributed by atoms with van der Waals surface area (Å²) in [6.45, 7) is 0.295. The molecule has 41 heavy (non-hydrogen) atoms. The Labute approximate surface area is 246 Å². The Bertz CT molecular complexity index is 1760. The van der Waals surface area contributed by atoms with Crippen LogP contribution in [0, 0.1) is 0 Å². The maximum atomic E-state index is 13.3. The molecule has 0 atom stereocenters. The van der Waals surface area contributed by atoms with E-state index in [1.165, 1.54) is 12.1 Å². The number of hydrogen-bond donors (Lipinski definition) is 2. The topological polar surface area (TPSA) is 111 Å². The largest absolute Gasteiger partial charge is 0.491 e. The van der Waals surface area contributed by atoms with Crippen molar-refractivity contribution >= 4 is 48.6 Å². The van der Waals surface area contributed by atoms with Crippen LogP contribution in [0.1, 0.15) is 25.7 Å². The maximum Gasteiger partial charge on any atom is 0.303 e. The van der Waals surface area contributed by atoms with Gasteiger partial charge >= 0.3 is 5.97 Å². The van der Waals surface area contributed by atoms with Gasteiger partial charge in [-0.25, -0.2) is 13.4 Å². The summed E-state index contributed by atoms with van der Waals surface area (Å²) < 4.78 is 38.3. The number of aromatic nitrogens is 2. The third-order valence-corrected chi connectivity index (χ3v) is 8.37. The lowest BCUT2D eigenvalue weighted by Crippen LogP contribution is -2.14. The third kappa shape index (κ3) is 6.78. The fraction of sp³-hybridized carbons (Fsp3) is 0.161. The highest BCUT2D eigenvalue weighted by atomic mass is 79.9. The molecule has 0 radical (unpaired) electrons. The van der Waals surface area contributed by atoms with Crippen molar-refractivity contribution in [1.82, 2.24) is 9.55 Å². The number of ether oxygens (including phenoxy) is 1. The summed E-state index contributed by atoms with van der Waals surface area (Å²) in [7, 11) is -3.93. The molecule has 5 aromatic rings. The van der Waals surface area contributed by atoms with Gasteiger partial charge in [-0.15, -0.1) is 0 Å². The number of benzene rings is 4. The number of rotatable bonds is 12. The molecule has 0 saturated carbocycles.